The summed E-state index contributed by atoms with van der Waals surface area (Å²) in [5.41, 5.74) is 1.54. The quantitative estimate of drug-likeness (QED) is 0.453. The van der Waals surface area contributed by atoms with Crippen LogP contribution in [0, 0.1) is 24.2 Å². The van der Waals surface area contributed by atoms with Crippen LogP contribution in [0.5, 0.6) is 0 Å². The van der Waals surface area contributed by atoms with Crippen LogP contribution in [0.3, 0.4) is 0 Å². The molecule has 0 spiro atoms. The molecule has 2 N–H and O–H groups in total. The number of hydrogen-bond donors (Lipinski definition) is 2. The summed E-state index contributed by atoms with van der Waals surface area (Å²) in [5.74, 6) is 0.224. The summed E-state index contributed by atoms with van der Waals surface area (Å²) in [5, 5.41) is 13.0. The van der Waals surface area contributed by atoms with Gasteiger partial charge in [0.15, 0.2) is 8.32 Å². The van der Waals surface area contributed by atoms with E-state index in [1.165, 1.54) is 0 Å². The van der Waals surface area contributed by atoms with Crippen LogP contribution in [0.15, 0.2) is 12.1 Å². The van der Waals surface area contributed by atoms with Crippen molar-refractivity contribution >= 4 is 31.7 Å². The van der Waals surface area contributed by atoms with E-state index in [9.17, 15) is 14.9 Å². The number of carbonyl (C=O) groups excluding carboxylic acids is 1. The summed E-state index contributed by atoms with van der Waals surface area (Å²) in [6.07, 6.45) is 2.44. The van der Waals surface area contributed by atoms with Crippen molar-refractivity contribution in [3.8, 4) is 6.07 Å². The summed E-state index contributed by atoms with van der Waals surface area (Å²) in [6, 6.07) is 5.60. The molecule has 33 heavy (non-hydrogen) atoms. The van der Waals surface area contributed by atoms with E-state index >= 15 is 0 Å². The van der Waals surface area contributed by atoms with E-state index in [2.05, 4.69) is 25.2 Å². The maximum atomic E-state index is 13.1. The van der Waals surface area contributed by atoms with E-state index < -0.39 is 13.9 Å². The third kappa shape index (κ3) is 6.88. The smallest absolute Gasteiger partial charge is 0.410 e. The Balaban J connectivity index is 2.33. The average Bonchev–Trinajstić information content (AvgIpc) is 2.67. The van der Waals surface area contributed by atoms with E-state index in [0.29, 0.717) is 23.7 Å². The summed E-state index contributed by atoms with van der Waals surface area (Å²) in [4.78, 5) is 25.9. The first-order valence-corrected chi connectivity index (χ1v) is 15.0. The first-order valence-electron chi connectivity index (χ1n) is 11.7. The molecule has 1 aliphatic rings. The van der Waals surface area contributed by atoms with E-state index in [4.69, 9.17) is 16.3 Å². The van der Waals surface area contributed by atoms with Crippen LogP contribution in [-0.4, -0.2) is 48.8 Å². The van der Waals surface area contributed by atoms with Gasteiger partial charge < -0.3 is 19.7 Å². The van der Waals surface area contributed by atoms with Crippen LogP contribution in [0.4, 0.5) is 10.5 Å². The summed E-state index contributed by atoms with van der Waals surface area (Å²) in [7, 11) is -2.40. The van der Waals surface area contributed by atoms with E-state index in [0.717, 1.165) is 30.5 Å². The minimum absolute atomic E-state index is 0.0851. The highest BCUT2D eigenvalue weighted by Gasteiger charge is 2.44. The largest absolute Gasteiger partial charge is 0.444 e. The second-order valence-corrected chi connectivity index (χ2v) is 16.2. The molecule has 1 aromatic rings. The molecule has 8 heteroatoms. The van der Waals surface area contributed by atoms with Crippen molar-refractivity contribution in [2.45, 2.75) is 90.6 Å². The van der Waals surface area contributed by atoms with Crippen molar-refractivity contribution in [3.63, 3.8) is 0 Å². The molecule has 0 radical (unpaired) electrons. The Bertz CT molecular complexity index is 900. The van der Waals surface area contributed by atoms with E-state index in [1.54, 1.807) is 6.07 Å². The van der Waals surface area contributed by atoms with Crippen LogP contribution in [0.2, 0.25) is 23.2 Å². The lowest BCUT2D eigenvalue weighted by molar-refractivity contribution is 0.000155. The Morgan fingerprint density at radius 3 is 2.52 bits per heavy atom. The number of carbonyl (C=O) groups is 1. The number of anilines is 1. The van der Waals surface area contributed by atoms with Gasteiger partial charge in [-0.3, -0.25) is 0 Å². The molecule has 1 amide bonds. The molecule has 0 saturated carbocycles. The minimum Gasteiger partial charge on any atom is -0.444 e. The molecular formula is C25H40ClN3O3Si. The lowest BCUT2D eigenvalue weighted by Gasteiger charge is -2.46. The lowest BCUT2D eigenvalue weighted by atomic mass is 9.82. The predicted octanol–water partition coefficient (Wildman–Crippen LogP) is 6.32. The summed E-state index contributed by atoms with van der Waals surface area (Å²) in [6.45, 7) is 17.0. The first-order chi connectivity index (χ1) is 15.1. The molecule has 184 valence electrons. The average molecular weight is 494 g/mol. The fourth-order valence-electron chi connectivity index (χ4n) is 4.28. The van der Waals surface area contributed by atoms with Gasteiger partial charge in [-0.2, -0.15) is 5.26 Å². The topological polar surface area (TPSA) is 85.6 Å². The number of halogens is 1. The van der Waals surface area contributed by atoms with Crippen molar-refractivity contribution < 1.29 is 14.3 Å². The number of likely N-dealkylation sites (tertiary alicyclic amines) is 1. The van der Waals surface area contributed by atoms with Crippen LogP contribution in [-0.2, 0) is 4.74 Å². The van der Waals surface area contributed by atoms with Crippen molar-refractivity contribution in [2.24, 2.45) is 5.92 Å². The van der Waals surface area contributed by atoms with Gasteiger partial charge in [-0.1, -0.05) is 25.4 Å². The first kappa shape index (κ1) is 27.5. The van der Waals surface area contributed by atoms with Gasteiger partial charge in [0.1, 0.15) is 11.7 Å². The Hall–Kier alpha value is -1.75. The zero-order valence-corrected chi connectivity index (χ0v) is 23.1. The maximum absolute atomic E-state index is 13.1. The normalized spacial score (nSPS) is 19.7. The number of ether oxygens (including phenoxy) is 1. The van der Waals surface area contributed by atoms with Gasteiger partial charge in [0.05, 0.1) is 16.6 Å². The zero-order chi connectivity index (χ0) is 25.2. The Kier molecular flexibility index (Phi) is 8.54. The second kappa shape index (κ2) is 10.2. The number of amides is 1. The molecule has 0 bridgehead atoms. The Labute approximate surface area is 205 Å². The second-order valence-electron chi connectivity index (χ2n) is 11.4. The van der Waals surface area contributed by atoms with Gasteiger partial charge in [0.25, 0.3) is 0 Å². The Morgan fingerprint density at radius 1 is 1.33 bits per heavy atom. The fourth-order valence-corrected chi connectivity index (χ4v) is 5.25. The SMILES string of the molecule is Cc1c(NCC2C(CC(C)(C)[Si](C)(C)O)CCCN2C(=O)OC(C)(C)C)ccc(C#N)c1Cl. The van der Waals surface area contributed by atoms with Gasteiger partial charge >= 0.3 is 6.09 Å². The number of hydrogen-bond acceptors (Lipinski definition) is 5. The molecular weight excluding hydrogens is 454 g/mol. The molecule has 6 nitrogen and oxygen atoms in total. The molecule has 1 fully saturated rings. The number of nitriles is 1. The van der Waals surface area contributed by atoms with Crippen LogP contribution in [0.25, 0.3) is 0 Å². The van der Waals surface area contributed by atoms with Gasteiger partial charge in [0, 0.05) is 18.8 Å². The van der Waals surface area contributed by atoms with Gasteiger partial charge in [-0.25, -0.2) is 4.79 Å². The molecule has 1 saturated heterocycles. The summed E-state index contributed by atoms with van der Waals surface area (Å²) < 4.78 is 5.74. The van der Waals surface area contributed by atoms with Crippen LogP contribution < -0.4 is 5.32 Å². The molecule has 2 unspecified atom stereocenters. The molecule has 2 atom stereocenters. The minimum atomic E-state index is -2.40. The van der Waals surface area contributed by atoms with Gasteiger partial charge in [-0.15, -0.1) is 0 Å². The monoisotopic (exact) mass is 493 g/mol. The molecule has 0 aromatic heterocycles. The van der Waals surface area contributed by atoms with Crippen LogP contribution in [0.1, 0.15) is 65.0 Å². The zero-order valence-electron chi connectivity index (χ0n) is 21.4. The van der Waals surface area contributed by atoms with Crippen molar-refractivity contribution in [1.82, 2.24) is 4.90 Å². The number of benzene rings is 1. The molecule has 2 rings (SSSR count). The third-order valence-electron chi connectivity index (χ3n) is 6.98. The van der Waals surface area contributed by atoms with Crippen molar-refractivity contribution in [3.05, 3.63) is 28.3 Å². The fraction of sp³-hybridized carbons (Fsp3) is 0.680. The van der Waals surface area contributed by atoms with Crippen molar-refractivity contribution in [1.29, 1.82) is 5.26 Å². The highest BCUT2D eigenvalue weighted by molar-refractivity contribution is 6.72. The van der Waals surface area contributed by atoms with Crippen molar-refractivity contribution in [2.75, 3.05) is 18.4 Å². The molecule has 0 aliphatic carbocycles. The van der Waals surface area contributed by atoms with Gasteiger partial charge in [0.2, 0.25) is 0 Å². The van der Waals surface area contributed by atoms with E-state index in [-0.39, 0.29) is 23.1 Å². The summed E-state index contributed by atoms with van der Waals surface area (Å²) >= 11 is 6.37. The van der Waals surface area contributed by atoms with E-state index in [1.807, 2.05) is 51.8 Å². The standard InChI is InChI=1S/C25H40ClN3O3Si/c1-17-20(12-11-19(15-27)22(17)26)28-16-21-18(14-25(5,6)33(7,8)31)10-9-13-29(21)23(30)32-24(2,3)4/h11-12,18,21,28,31H,9-10,13-14,16H2,1-8H3. The third-order valence-corrected chi connectivity index (χ3v) is 11.0. The number of nitrogens with zero attached hydrogens (tertiary/aromatic N) is 2. The Morgan fingerprint density at radius 2 is 1.97 bits per heavy atom. The molecule has 1 heterocycles. The highest BCUT2D eigenvalue weighted by Crippen LogP contribution is 2.45. The van der Waals surface area contributed by atoms with Crippen LogP contribution >= 0.6 is 11.6 Å². The number of piperidine rings is 1. The lowest BCUT2D eigenvalue weighted by Crippen LogP contribution is -2.54. The predicted molar refractivity (Wildman–Crippen MR) is 137 cm³/mol. The number of nitrogens with one attached hydrogen (secondary N) is 1. The highest BCUT2D eigenvalue weighted by atomic mass is 35.5. The molecule has 1 aromatic carbocycles. The van der Waals surface area contributed by atoms with Gasteiger partial charge in [-0.05, 0) is 88.7 Å². The number of rotatable bonds is 6. The maximum Gasteiger partial charge on any atom is 0.410 e. The molecule has 1 aliphatic heterocycles.